The molecular formula is C20H27N7O2. The third kappa shape index (κ3) is 4.38. The molecule has 2 aliphatic rings. The minimum atomic E-state index is -0.217. The summed E-state index contributed by atoms with van der Waals surface area (Å²) in [7, 11) is 1.75. The van der Waals surface area contributed by atoms with Gasteiger partial charge in [-0.15, -0.1) is 0 Å². The van der Waals surface area contributed by atoms with Crippen molar-refractivity contribution in [2.75, 3.05) is 25.5 Å². The largest absolute Gasteiger partial charge is 0.372 e. The topological polar surface area (TPSA) is 114 Å². The Bertz CT molecular complexity index is 873. The predicted molar refractivity (Wildman–Crippen MR) is 107 cm³/mol. The van der Waals surface area contributed by atoms with Crippen molar-refractivity contribution in [2.45, 2.75) is 44.6 Å². The van der Waals surface area contributed by atoms with Crippen molar-refractivity contribution in [3.8, 4) is 0 Å². The summed E-state index contributed by atoms with van der Waals surface area (Å²) < 4.78 is 1.93. The molecule has 4 rings (SSSR count). The molecule has 9 heteroatoms. The van der Waals surface area contributed by atoms with Gasteiger partial charge in [-0.1, -0.05) is 0 Å². The van der Waals surface area contributed by atoms with Gasteiger partial charge in [0, 0.05) is 32.9 Å². The average Bonchev–Trinajstić information content (AvgIpc) is 3.35. The number of hydrogen-bond donors (Lipinski definition) is 3. The van der Waals surface area contributed by atoms with Crippen LogP contribution < -0.4 is 16.0 Å². The van der Waals surface area contributed by atoms with E-state index in [0.717, 1.165) is 44.3 Å². The molecule has 0 radical (unpaired) electrons. The summed E-state index contributed by atoms with van der Waals surface area (Å²) in [6.45, 7) is 2.10. The van der Waals surface area contributed by atoms with Crippen LogP contribution in [0.15, 0.2) is 24.7 Å². The lowest BCUT2D eigenvalue weighted by atomic mass is 9.95. The summed E-state index contributed by atoms with van der Waals surface area (Å²) in [5.41, 5.74) is 1.39. The molecule has 1 fully saturated rings. The second kappa shape index (κ2) is 8.18. The Morgan fingerprint density at radius 1 is 1.24 bits per heavy atom. The molecule has 1 atom stereocenters. The maximum Gasteiger partial charge on any atom is 0.271 e. The quantitative estimate of drug-likeness (QED) is 0.619. The van der Waals surface area contributed by atoms with Crippen LogP contribution in [0, 0.1) is 5.41 Å². The first-order valence-corrected chi connectivity index (χ1v) is 10.2. The van der Waals surface area contributed by atoms with Crippen molar-refractivity contribution >= 4 is 17.6 Å². The van der Waals surface area contributed by atoms with Gasteiger partial charge < -0.3 is 16.0 Å². The highest BCUT2D eigenvalue weighted by atomic mass is 16.2. The average molecular weight is 397 g/mol. The predicted octanol–water partition coefficient (Wildman–Crippen LogP) is 1.31. The normalized spacial score (nSPS) is 19.1. The lowest BCUT2D eigenvalue weighted by molar-refractivity contribution is -0.123. The van der Waals surface area contributed by atoms with E-state index in [2.05, 4.69) is 31.0 Å². The zero-order chi connectivity index (χ0) is 20.3. The van der Waals surface area contributed by atoms with Gasteiger partial charge in [0.15, 0.2) is 0 Å². The van der Waals surface area contributed by atoms with Gasteiger partial charge in [-0.3, -0.25) is 14.3 Å². The number of nitrogens with zero attached hydrogens (tertiary/aromatic N) is 4. The van der Waals surface area contributed by atoms with Gasteiger partial charge in [0.1, 0.15) is 11.5 Å². The minimum absolute atomic E-state index is 0.0752. The van der Waals surface area contributed by atoms with Gasteiger partial charge in [0.05, 0.1) is 24.0 Å². The van der Waals surface area contributed by atoms with Gasteiger partial charge in [0.2, 0.25) is 5.91 Å². The van der Waals surface area contributed by atoms with Gasteiger partial charge in [0.25, 0.3) is 5.91 Å². The molecule has 2 aromatic rings. The third-order valence-electron chi connectivity index (χ3n) is 5.96. The van der Waals surface area contributed by atoms with E-state index in [0.29, 0.717) is 24.6 Å². The van der Waals surface area contributed by atoms with Crippen molar-refractivity contribution in [3.63, 3.8) is 0 Å². The number of aryl methyl sites for hydroxylation is 1. The number of rotatable bonds is 8. The van der Waals surface area contributed by atoms with E-state index in [1.54, 1.807) is 13.2 Å². The molecule has 0 aromatic carbocycles. The Morgan fingerprint density at radius 2 is 2.10 bits per heavy atom. The van der Waals surface area contributed by atoms with E-state index < -0.39 is 0 Å². The SMILES string of the molecule is CNc1cnc(C(=O)NCC2(CCNC(=O)C3CCCn4nccc43)CC2)cn1. The van der Waals surface area contributed by atoms with Gasteiger partial charge >= 0.3 is 0 Å². The van der Waals surface area contributed by atoms with Crippen molar-refractivity contribution < 1.29 is 9.59 Å². The molecule has 0 bridgehead atoms. The summed E-state index contributed by atoms with van der Waals surface area (Å²) in [5.74, 6) is 0.370. The Morgan fingerprint density at radius 3 is 2.83 bits per heavy atom. The lowest BCUT2D eigenvalue weighted by Crippen LogP contribution is -2.36. The summed E-state index contributed by atoms with van der Waals surface area (Å²) in [6, 6.07) is 1.94. The van der Waals surface area contributed by atoms with Crippen molar-refractivity contribution in [1.29, 1.82) is 0 Å². The first kappa shape index (κ1) is 19.4. The van der Waals surface area contributed by atoms with Gasteiger partial charge in [-0.25, -0.2) is 9.97 Å². The van der Waals surface area contributed by atoms with E-state index in [9.17, 15) is 9.59 Å². The first-order chi connectivity index (χ1) is 14.1. The van der Waals surface area contributed by atoms with Gasteiger partial charge in [-0.05, 0) is 43.6 Å². The molecule has 1 aliphatic carbocycles. The maximum absolute atomic E-state index is 12.6. The molecule has 29 heavy (non-hydrogen) atoms. The van der Waals surface area contributed by atoms with E-state index in [1.165, 1.54) is 12.4 Å². The summed E-state index contributed by atoms with van der Waals surface area (Å²) in [5, 5.41) is 13.2. The molecule has 1 unspecified atom stereocenters. The molecule has 2 amide bonds. The van der Waals surface area contributed by atoms with Crippen LogP contribution in [-0.4, -0.2) is 51.7 Å². The number of fused-ring (bicyclic) bond motifs is 1. The van der Waals surface area contributed by atoms with Gasteiger partial charge in [-0.2, -0.15) is 5.10 Å². The number of hydrogen-bond acceptors (Lipinski definition) is 6. The van der Waals surface area contributed by atoms with Crippen LogP contribution >= 0.6 is 0 Å². The number of carbonyl (C=O) groups is 2. The molecule has 1 saturated carbocycles. The zero-order valence-electron chi connectivity index (χ0n) is 16.6. The highest BCUT2D eigenvalue weighted by molar-refractivity contribution is 5.92. The Balaban J connectivity index is 1.23. The molecule has 9 nitrogen and oxygen atoms in total. The molecular weight excluding hydrogens is 370 g/mol. The summed E-state index contributed by atoms with van der Waals surface area (Å²) >= 11 is 0. The Kier molecular flexibility index (Phi) is 5.46. The highest BCUT2D eigenvalue weighted by Gasteiger charge is 2.42. The molecule has 2 aromatic heterocycles. The highest BCUT2D eigenvalue weighted by Crippen LogP contribution is 2.48. The van der Waals surface area contributed by atoms with E-state index in [1.807, 2.05) is 10.7 Å². The first-order valence-electron chi connectivity index (χ1n) is 10.2. The molecule has 3 heterocycles. The smallest absolute Gasteiger partial charge is 0.271 e. The number of nitrogens with one attached hydrogen (secondary N) is 3. The van der Waals surface area contributed by atoms with Crippen LogP contribution in [0.3, 0.4) is 0 Å². The number of anilines is 1. The van der Waals surface area contributed by atoms with Crippen LogP contribution in [0.1, 0.15) is 54.2 Å². The monoisotopic (exact) mass is 397 g/mol. The molecule has 3 N–H and O–H groups in total. The Labute approximate surface area is 169 Å². The van der Waals surface area contributed by atoms with E-state index in [-0.39, 0.29) is 23.1 Å². The Hall–Kier alpha value is -2.97. The van der Waals surface area contributed by atoms with Crippen LogP contribution in [0.4, 0.5) is 5.82 Å². The van der Waals surface area contributed by atoms with Crippen molar-refractivity contribution in [1.82, 2.24) is 30.4 Å². The van der Waals surface area contributed by atoms with E-state index in [4.69, 9.17) is 0 Å². The number of amides is 2. The molecule has 154 valence electrons. The van der Waals surface area contributed by atoms with Crippen LogP contribution in [0.5, 0.6) is 0 Å². The van der Waals surface area contributed by atoms with Crippen LogP contribution in [0.2, 0.25) is 0 Å². The zero-order valence-corrected chi connectivity index (χ0v) is 16.6. The van der Waals surface area contributed by atoms with Crippen LogP contribution in [0.25, 0.3) is 0 Å². The lowest BCUT2D eigenvalue weighted by Gasteiger charge is -2.23. The summed E-state index contributed by atoms with van der Waals surface area (Å²) in [6.07, 6.45) is 9.58. The van der Waals surface area contributed by atoms with Crippen molar-refractivity contribution in [2.24, 2.45) is 5.41 Å². The number of aromatic nitrogens is 4. The van der Waals surface area contributed by atoms with E-state index >= 15 is 0 Å². The minimum Gasteiger partial charge on any atom is -0.372 e. The molecule has 0 spiro atoms. The van der Waals surface area contributed by atoms with Crippen molar-refractivity contribution in [3.05, 3.63) is 36.0 Å². The maximum atomic E-state index is 12.6. The fraction of sp³-hybridized carbons (Fsp3) is 0.550. The molecule has 1 aliphatic heterocycles. The fourth-order valence-electron chi connectivity index (χ4n) is 3.88. The summed E-state index contributed by atoms with van der Waals surface area (Å²) in [4.78, 5) is 33.1. The molecule has 0 saturated heterocycles. The standard InChI is InChI=1S/C20H27N7O2/c1-21-17-12-23-15(11-24-17)19(29)25-13-20(5-6-20)7-9-22-18(28)14-3-2-10-27-16(14)4-8-26-27/h4,8,11-12,14H,2-3,5-7,9-10,13H2,1H3,(H,21,24)(H,22,28)(H,25,29). The second-order valence-electron chi connectivity index (χ2n) is 7.93. The van der Waals surface area contributed by atoms with Crippen LogP contribution in [-0.2, 0) is 11.3 Å². The fourth-order valence-corrected chi connectivity index (χ4v) is 3.88. The second-order valence-corrected chi connectivity index (χ2v) is 7.93. The third-order valence-corrected chi connectivity index (χ3v) is 5.96. The number of carbonyl (C=O) groups excluding carboxylic acids is 2.